The van der Waals surface area contributed by atoms with E-state index in [1.54, 1.807) is 35.0 Å². The van der Waals surface area contributed by atoms with E-state index in [1.165, 1.54) is 16.9 Å². The topological polar surface area (TPSA) is 81.9 Å². The predicted octanol–water partition coefficient (Wildman–Crippen LogP) is 2.51. The van der Waals surface area contributed by atoms with Crippen LogP contribution in [0.15, 0.2) is 0 Å². The Hall–Kier alpha value is -2.10. The lowest BCUT2D eigenvalue weighted by Crippen LogP contribution is -2.37. The second-order valence-electron chi connectivity index (χ2n) is 7.64. The highest BCUT2D eigenvalue weighted by Gasteiger charge is 2.27. The minimum absolute atomic E-state index is 0.193. The number of methoxy groups -OCH3 is 2. The summed E-state index contributed by atoms with van der Waals surface area (Å²) in [5.74, 6) is 1.36. The lowest BCUT2D eigenvalue weighted by molar-refractivity contribution is 0.0616. The first-order valence-electron chi connectivity index (χ1n) is 9.98. The number of hydrogen-bond acceptors (Lipinski definition) is 7. The van der Waals surface area contributed by atoms with Crippen LogP contribution < -0.4 is 0 Å². The molecule has 3 aromatic heterocycles. The zero-order valence-electron chi connectivity index (χ0n) is 17.4. The Labute approximate surface area is 173 Å². The van der Waals surface area contributed by atoms with Crippen LogP contribution in [-0.2, 0) is 22.3 Å². The van der Waals surface area contributed by atoms with Gasteiger partial charge in [0.25, 0.3) is 5.91 Å². The van der Waals surface area contributed by atoms with E-state index >= 15 is 0 Å². The molecule has 0 saturated heterocycles. The molecule has 0 spiro atoms. The molecule has 9 heteroatoms. The van der Waals surface area contributed by atoms with Crippen LogP contribution in [0, 0.1) is 12.8 Å². The van der Waals surface area contributed by atoms with Gasteiger partial charge < -0.3 is 14.4 Å². The fraction of sp³-hybridized carbons (Fsp3) is 0.600. The first-order valence-corrected chi connectivity index (χ1v) is 10.8. The van der Waals surface area contributed by atoms with Gasteiger partial charge in [-0.15, -0.1) is 16.4 Å². The van der Waals surface area contributed by atoms with Crippen molar-refractivity contribution in [2.45, 2.75) is 33.1 Å². The van der Waals surface area contributed by atoms with E-state index in [1.807, 2.05) is 6.92 Å². The van der Waals surface area contributed by atoms with Crippen LogP contribution in [0.3, 0.4) is 0 Å². The lowest BCUT2D eigenvalue weighted by atomic mass is 9.89. The number of thiophene rings is 1. The standard InChI is InChI=1S/C20H27N5O3S/c1-12-5-6-15-14(11-12)16-18-22-17(23-25(18)13(2)21-19(16)29-15)20(26)24(7-9-27-3)8-10-28-4/h12H,5-11H2,1-4H3/t12-/m0/s1. The molecule has 1 aliphatic carbocycles. The Morgan fingerprint density at radius 3 is 2.66 bits per heavy atom. The van der Waals surface area contributed by atoms with Gasteiger partial charge in [-0.2, -0.15) is 4.52 Å². The first kappa shape index (κ1) is 20.2. The number of amides is 1. The molecule has 0 aromatic carbocycles. The fourth-order valence-electron chi connectivity index (χ4n) is 3.90. The van der Waals surface area contributed by atoms with Gasteiger partial charge in [0.1, 0.15) is 10.7 Å². The highest BCUT2D eigenvalue weighted by atomic mass is 32.1. The average Bonchev–Trinajstić information content (AvgIpc) is 3.29. The Balaban J connectivity index is 1.78. The normalized spacial score (nSPS) is 16.5. The Morgan fingerprint density at radius 1 is 1.24 bits per heavy atom. The van der Waals surface area contributed by atoms with Gasteiger partial charge in [0, 0.05) is 32.2 Å². The molecule has 1 aliphatic rings. The third-order valence-corrected chi connectivity index (χ3v) is 6.68. The molecule has 0 saturated carbocycles. The fourth-order valence-corrected chi connectivity index (χ4v) is 5.15. The minimum atomic E-state index is -0.215. The van der Waals surface area contributed by atoms with Crippen LogP contribution in [0.4, 0.5) is 0 Å². The van der Waals surface area contributed by atoms with Crippen molar-refractivity contribution in [3.8, 4) is 0 Å². The Kier molecular flexibility index (Phi) is 5.80. The molecular weight excluding hydrogens is 390 g/mol. The van der Waals surface area contributed by atoms with Gasteiger partial charge >= 0.3 is 0 Å². The molecule has 0 bridgehead atoms. The quantitative estimate of drug-likeness (QED) is 0.588. The summed E-state index contributed by atoms with van der Waals surface area (Å²) in [6, 6.07) is 0. The maximum atomic E-state index is 13.1. The zero-order chi connectivity index (χ0) is 20.5. The number of carbonyl (C=O) groups excluding carboxylic acids is 1. The molecule has 0 unspecified atom stereocenters. The monoisotopic (exact) mass is 417 g/mol. The number of rotatable bonds is 7. The summed E-state index contributed by atoms with van der Waals surface area (Å²) < 4.78 is 12.0. The van der Waals surface area contributed by atoms with Gasteiger partial charge in [-0.25, -0.2) is 9.97 Å². The van der Waals surface area contributed by atoms with E-state index in [4.69, 9.17) is 14.5 Å². The third kappa shape index (κ3) is 3.74. The Morgan fingerprint density at radius 2 is 1.97 bits per heavy atom. The molecule has 3 aromatic rings. The second-order valence-corrected chi connectivity index (χ2v) is 8.72. The molecule has 0 N–H and O–H groups in total. The van der Waals surface area contributed by atoms with Crippen LogP contribution in [0.2, 0.25) is 0 Å². The highest BCUT2D eigenvalue weighted by molar-refractivity contribution is 7.19. The summed E-state index contributed by atoms with van der Waals surface area (Å²) in [5, 5.41) is 5.59. The van der Waals surface area contributed by atoms with Crippen molar-refractivity contribution in [3.63, 3.8) is 0 Å². The summed E-state index contributed by atoms with van der Waals surface area (Å²) in [7, 11) is 3.24. The van der Waals surface area contributed by atoms with Crippen LogP contribution in [-0.4, -0.2) is 70.9 Å². The molecule has 156 valence electrons. The number of ether oxygens (including phenoxy) is 2. The molecule has 29 heavy (non-hydrogen) atoms. The van der Waals surface area contributed by atoms with Gasteiger partial charge in [0.15, 0.2) is 5.65 Å². The van der Waals surface area contributed by atoms with Crippen molar-refractivity contribution in [3.05, 3.63) is 22.1 Å². The van der Waals surface area contributed by atoms with Crippen molar-refractivity contribution in [2.24, 2.45) is 5.92 Å². The van der Waals surface area contributed by atoms with Gasteiger partial charge in [0.2, 0.25) is 5.82 Å². The van der Waals surface area contributed by atoms with E-state index in [-0.39, 0.29) is 11.7 Å². The van der Waals surface area contributed by atoms with Crippen molar-refractivity contribution in [2.75, 3.05) is 40.5 Å². The van der Waals surface area contributed by atoms with Crippen LogP contribution in [0.1, 0.15) is 40.2 Å². The van der Waals surface area contributed by atoms with E-state index in [0.717, 1.165) is 34.5 Å². The van der Waals surface area contributed by atoms with E-state index in [0.29, 0.717) is 32.2 Å². The van der Waals surface area contributed by atoms with Gasteiger partial charge in [0.05, 0.1) is 18.6 Å². The molecule has 1 amide bonds. The maximum Gasteiger partial charge on any atom is 0.293 e. The molecular formula is C20H27N5O3S. The van der Waals surface area contributed by atoms with Crippen LogP contribution in [0.25, 0.3) is 15.9 Å². The van der Waals surface area contributed by atoms with E-state index in [9.17, 15) is 4.79 Å². The lowest BCUT2D eigenvalue weighted by Gasteiger charge is -2.20. The number of hydrogen-bond donors (Lipinski definition) is 0. The number of nitrogens with zero attached hydrogens (tertiary/aromatic N) is 5. The number of carbonyl (C=O) groups is 1. The summed E-state index contributed by atoms with van der Waals surface area (Å²) in [6.45, 7) is 6.02. The molecule has 0 aliphatic heterocycles. The van der Waals surface area contributed by atoms with Crippen molar-refractivity contribution >= 4 is 33.1 Å². The molecule has 0 fully saturated rings. The molecule has 3 heterocycles. The second kappa shape index (κ2) is 8.33. The third-order valence-electron chi connectivity index (χ3n) is 5.50. The summed E-state index contributed by atoms with van der Waals surface area (Å²) in [5.41, 5.74) is 2.07. The van der Waals surface area contributed by atoms with Crippen molar-refractivity contribution in [1.82, 2.24) is 24.5 Å². The smallest absolute Gasteiger partial charge is 0.293 e. The van der Waals surface area contributed by atoms with Crippen molar-refractivity contribution < 1.29 is 14.3 Å². The number of aromatic nitrogens is 4. The van der Waals surface area contributed by atoms with Crippen LogP contribution >= 0.6 is 11.3 Å². The molecule has 8 nitrogen and oxygen atoms in total. The summed E-state index contributed by atoms with van der Waals surface area (Å²) in [4.78, 5) is 26.6. The van der Waals surface area contributed by atoms with E-state index < -0.39 is 0 Å². The molecule has 4 rings (SSSR count). The number of aryl methyl sites for hydroxylation is 2. The first-order chi connectivity index (χ1) is 14.0. The highest BCUT2D eigenvalue weighted by Crippen LogP contribution is 2.39. The van der Waals surface area contributed by atoms with Gasteiger partial charge in [-0.1, -0.05) is 6.92 Å². The van der Waals surface area contributed by atoms with E-state index in [2.05, 4.69) is 17.0 Å². The predicted molar refractivity (Wildman–Crippen MR) is 112 cm³/mol. The molecule has 0 radical (unpaired) electrons. The van der Waals surface area contributed by atoms with Crippen molar-refractivity contribution in [1.29, 1.82) is 0 Å². The Bertz CT molecular complexity index is 1040. The molecule has 1 atom stereocenters. The largest absolute Gasteiger partial charge is 0.383 e. The number of fused-ring (bicyclic) bond motifs is 5. The average molecular weight is 418 g/mol. The summed E-state index contributed by atoms with van der Waals surface area (Å²) in [6.07, 6.45) is 3.32. The van der Waals surface area contributed by atoms with Gasteiger partial charge in [-0.3, -0.25) is 4.79 Å². The van der Waals surface area contributed by atoms with Crippen LogP contribution in [0.5, 0.6) is 0 Å². The SMILES string of the molecule is COCCN(CCOC)C(=O)c1nc2c3c4c(sc3nc(C)n2n1)CC[C@H](C)C4. The summed E-state index contributed by atoms with van der Waals surface area (Å²) >= 11 is 1.76. The maximum absolute atomic E-state index is 13.1. The van der Waals surface area contributed by atoms with Gasteiger partial charge in [-0.05, 0) is 37.7 Å². The minimum Gasteiger partial charge on any atom is -0.383 e. The zero-order valence-corrected chi connectivity index (χ0v) is 18.2.